The molecule has 0 radical (unpaired) electrons. The molecule has 2 rings (SSSR count). The summed E-state index contributed by atoms with van der Waals surface area (Å²) in [6.45, 7) is 8.43. The number of anilines is 1. The lowest BCUT2D eigenvalue weighted by Crippen LogP contribution is -2.58. The third kappa shape index (κ3) is 3.15. The van der Waals surface area contributed by atoms with Gasteiger partial charge in [-0.2, -0.15) is 0 Å². The van der Waals surface area contributed by atoms with Crippen LogP contribution in [0.25, 0.3) is 0 Å². The van der Waals surface area contributed by atoms with Crippen molar-refractivity contribution in [3.8, 4) is 0 Å². The predicted octanol–water partition coefficient (Wildman–Crippen LogP) is 3.36. The van der Waals surface area contributed by atoms with Gasteiger partial charge >= 0.3 is 0 Å². The SMILES string of the molecule is CCOC1CC(Nc2ccccc2CN(C)C)C1(C)C. The summed E-state index contributed by atoms with van der Waals surface area (Å²) < 4.78 is 5.81. The Morgan fingerprint density at radius 1 is 1.30 bits per heavy atom. The molecule has 1 aromatic rings. The summed E-state index contributed by atoms with van der Waals surface area (Å²) in [5, 5.41) is 3.72. The van der Waals surface area contributed by atoms with Crippen LogP contribution in [0.15, 0.2) is 24.3 Å². The maximum Gasteiger partial charge on any atom is 0.0665 e. The molecular weight excluding hydrogens is 248 g/mol. The Morgan fingerprint density at radius 2 is 2.00 bits per heavy atom. The molecule has 0 spiro atoms. The van der Waals surface area contributed by atoms with Gasteiger partial charge in [0.25, 0.3) is 0 Å². The quantitative estimate of drug-likeness (QED) is 0.862. The highest BCUT2D eigenvalue weighted by Crippen LogP contribution is 2.44. The number of nitrogens with zero attached hydrogens (tertiary/aromatic N) is 1. The number of hydrogen-bond acceptors (Lipinski definition) is 3. The second kappa shape index (κ2) is 6.15. The van der Waals surface area contributed by atoms with E-state index < -0.39 is 0 Å². The molecule has 3 nitrogen and oxygen atoms in total. The van der Waals surface area contributed by atoms with E-state index in [1.807, 2.05) is 0 Å². The van der Waals surface area contributed by atoms with Crippen LogP contribution >= 0.6 is 0 Å². The minimum atomic E-state index is 0.196. The molecule has 2 atom stereocenters. The third-order valence-corrected chi connectivity index (χ3v) is 4.38. The van der Waals surface area contributed by atoms with Crippen molar-refractivity contribution in [3.63, 3.8) is 0 Å². The molecule has 0 amide bonds. The molecule has 1 N–H and O–H groups in total. The van der Waals surface area contributed by atoms with Crippen LogP contribution in [0.2, 0.25) is 0 Å². The van der Waals surface area contributed by atoms with Crippen molar-refractivity contribution in [2.45, 2.75) is 45.9 Å². The maximum absolute atomic E-state index is 5.81. The fourth-order valence-corrected chi connectivity index (χ4v) is 2.94. The second-order valence-corrected chi connectivity index (χ2v) is 6.59. The molecule has 2 unspecified atom stereocenters. The van der Waals surface area contributed by atoms with E-state index in [0.29, 0.717) is 12.1 Å². The Balaban J connectivity index is 2.04. The summed E-state index contributed by atoms with van der Waals surface area (Å²) in [7, 11) is 4.21. The molecule has 1 saturated carbocycles. The Bertz CT molecular complexity index is 442. The molecule has 0 heterocycles. The van der Waals surface area contributed by atoms with E-state index in [2.05, 4.69) is 69.3 Å². The minimum Gasteiger partial charge on any atom is -0.381 e. The van der Waals surface area contributed by atoms with Gasteiger partial charge in [-0.1, -0.05) is 32.0 Å². The van der Waals surface area contributed by atoms with Crippen molar-refractivity contribution in [1.29, 1.82) is 0 Å². The first-order chi connectivity index (χ1) is 9.45. The van der Waals surface area contributed by atoms with E-state index in [0.717, 1.165) is 19.6 Å². The first kappa shape index (κ1) is 15.3. The zero-order valence-corrected chi connectivity index (χ0v) is 13.4. The number of para-hydroxylation sites is 1. The Hall–Kier alpha value is -1.06. The first-order valence-corrected chi connectivity index (χ1v) is 7.56. The van der Waals surface area contributed by atoms with Gasteiger partial charge in [0, 0.05) is 30.3 Å². The third-order valence-electron chi connectivity index (χ3n) is 4.38. The van der Waals surface area contributed by atoms with Crippen LogP contribution in [0, 0.1) is 5.41 Å². The normalized spacial score (nSPS) is 24.5. The van der Waals surface area contributed by atoms with Crippen molar-refractivity contribution < 1.29 is 4.74 Å². The molecule has 1 aromatic carbocycles. The number of ether oxygens (including phenoxy) is 1. The molecule has 1 aliphatic rings. The average Bonchev–Trinajstić information content (AvgIpc) is 2.39. The summed E-state index contributed by atoms with van der Waals surface area (Å²) in [6.07, 6.45) is 1.47. The summed E-state index contributed by atoms with van der Waals surface area (Å²) in [4.78, 5) is 2.20. The summed E-state index contributed by atoms with van der Waals surface area (Å²) >= 11 is 0. The Labute approximate surface area is 123 Å². The number of rotatable bonds is 6. The number of nitrogens with one attached hydrogen (secondary N) is 1. The molecule has 0 bridgehead atoms. The predicted molar refractivity (Wildman–Crippen MR) is 85.1 cm³/mol. The van der Waals surface area contributed by atoms with Crippen LogP contribution in [-0.4, -0.2) is 37.7 Å². The Morgan fingerprint density at radius 3 is 2.60 bits per heavy atom. The van der Waals surface area contributed by atoms with Crippen LogP contribution in [0.1, 0.15) is 32.8 Å². The molecular formula is C17H28N2O. The molecule has 0 aromatic heterocycles. The van der Waals surface area contributed by atoms with E-state index in [1.54, 1.807) is 0 Å². The van der Waals surface area contributed by atoms with E-state index in [9.17, 15) is 0 Å². The smallest absolute Gasteiger partial charge is 0.0665 e. The molecule has 0 saturated heterocycles. The van der Waals surface area contributed by atoms with Crippen LogP contribution in [-0.2, 0) is 11.3 Å². The van der Waals surface area contributed by atoms with Crippen molar-refractivity contribution in [3.05, 3.63) is 29.8 Å². The zero-order valence-electron chi connectivity index (χ0n) is 13.4. The monoisotopic (exact) mass is 276 g/mol. The fourth-order valence-electron chi connectivity index (χ4n) is 2.94. The molecule has 3 heteroatoms. The highest BCUT2D eigenvalue weighted by atomic mass is 16.5. The van der Waals surface area contributed by atoms with Gasteiger partial charge in [0.1, 0.15) is 0 Å². The van der Waals surface area contributed by atoms with Gasteiger partial charge in [-0.05, 0) is 39.1 Å². The summed E-state index contributed by atoms with van der Waals surface area (Å²) in [5.74, 6) is 0. The van der Waals surface area contributed by atoms with E-state index >= 15 is 0 Å². The van der Waals surface area contributed by atoms with Gasteiger partial charge < -0.3 is 15.0 Å². The number of hydrogen-bond donors (Lipinski definition) is 1. The molecule has 1 fully saturated rings. The van der Waals surface area contributed by atoms with Crippen LogP contribution in [0.5, 0.6) is 0 Å². The fraction of sp³-hybridized carbons (Fsp3) is 0.647. The molecule has 112 valence electrons. The van der Waals surface area contributed by atoms with Crippen LogP contribution < -0.4 is 5.32 Å². The lowest BCUT2D eigenvalue weighted by atomic mass is 9.64. The van der Waals surface area contributed by atoms with E-state index in [-0.39, 0.29) is 5.41 Å². The van der Waals surface area contributed by atoms with Gasteiger partial charge in [-0.3, -0.25) is 0 Å². The van der Waals surface area contributed by atoms with Crippen molar-refractivity contribution in [1.82, 2.24) is 4.90 Å². The van der Waals surface area contributed by atoms with Gasteiger partial charge in [0.05, 0.1) is 6.10 Å². The largest absolute Gasteiger partial charge is 0.381 e. The maximum atomic E-state index is 5.81. The zero-order chi connectivity index (χ0) is 14.8. The average molecular weight is 276 g/mol. The first-order valence-electron chi connectivity index (χ1n) is 7.56. The van der Waals surface area contributed by atoms with Crippen molar-refractivity contribution in [2.24, 2.45) is 5.41 Å². The van der Waals surface area contributed by atoms with Crippen LogP contribution in [0.3, 0.4) is 0 Å². The summed E-state index contributed by atoms with van der Waals surface area (Å²) in [5.41, 5.74) is 2.81. The van der Waals surface area contributed by atoms with Crippen molar-refractivity contribution >= 4 is 5.69 Å². The van der Waals surface area contributed by atoms with Gasteiger partial charge in [-0.15, -0.1) is 0 Å². The van der Waals surface area contributed by atoms with Gasteiger partial charge in [0.2, 0.25) is 0 Å². The molecule has 20 heavy (non-hydrogen) atoms. The lowest BCUT2D eigenvalue weighted by Gasteiger charge is -2.52. The molecule has 1 aliphatic carbocycles. The topological polar surface area (TPSA) is 24.5 Å². The van der Waals surface area contributed by atoms with Gasteiger partial charge in [-0.25, -0.2) is 0 Å². The highest BCUT2D eigenvalue weighted by molar-refractivity contribution is 5.52. The van der Waals surface area contributed by atoms with Crippen LogP contribution in [0.4, 0.5) is 5.69 Å². The summed E-state index contributed by atoms with van der Waals surface area (Å²) in [6, 6.07) is 9.09. The van der Waals surface area contributed by atoms with Crippen molar-refractivity contribution in [2.75, 3.05) is 26.0 Å². The standard InChI is InChI=1S/C17H28N2O/c1-6-20-16-11-15(17(16,2)3)18-14-10-8-7-9-13(14)12-19(4)5/h7-10,15-16,18H,6,11-12H2,1-5H3. The van der Waals surface area contributed by atoms with Gasteiger partial charge in [0.15, 0.2) is 0 Å². The minimum absolute atomic E-state index is 0.196. The highest BCUT2D eigenvalue weighted by Gasteiger charge is 2.48. The lowest BCUT2D eigenvalue weighted by molar-refractivity contribution is -0.0976. The van der Waals surface area contributed by atoms with E-state index in [1.165, 1.54) is 11.3 Å². The second-order valence-electron chi connectivity index (χ2n) is 6.59. The Kier molecular flexibility index (Phi) is 4.71. The number of benzene rings is 1. The van der Waals surface area contributed by atoms with E-state index in [4.69, 9.17) is 4.74 Å². The molecule has 0 aliphatic heterocycles.